The molecule has 100 valence electrons. The van der Waals surface area contributed by atoms with Gasteiger partial charge in [0.2, 0.25) is 5.91 Å². The highest BCUT2D eigenvalue weighted by molar-refractivity contribution is 5.78. The van der Waals surface area contributed by atoms with E-state index in [4.69, 9.17) is 0 Å². The molecule has 1 atom stereocenters. The number of aliphatic hydroxyl groups is 1. The molecule has 1 unspecified atom stereocenters. The number of aromatic nitrogens is 1. The smallest absolute Gasteiger partial charge is 0.224 e. The van der Waals surface area contributed by atoms with E-state index in [9.17, 15) is 9.90 Å². The number of hydrogen-bond donors (Lipinski definition) is 2. The highest BCUT2D eigenvalue weighted by Crippen LogP contribution is 2.20. The molecule has 0 radical (unpaired) electrons. The highest BCUT2D eigenvalue weighted by Gasteiger charge is 2.19. The third-order valence-electron chi connectivity index (χ3n) is 2.53. The van der Waals surface area contributed by atoms with Crippen molar-refractivity contribution >= 4 is 5.91 Å². The first kappa shape index (κ1) is 14.6. The second-order valence-corrected chi connectivity index (χ2v) is 5.75. The van der Waals surface area contributed by atoms with E-state index >= 15 is 0 Å². The van der Waals surface area contributed by atoms with E-state index in [1.807, 2.05) is 6.07 Å². The predicted molar refractivity (Wildman–Crippen MR) is 71.0 cm³/mol. The third kappa shape index (κ3) is 5.77. The molecular weight excluding hydrogens is 228 g/mol. The third-order valence-corrected chi connectivity index (χ3v) is 2.53. The Labute approximate surface area is 108 Å². The summed E-state index contributed by atoms with van der Waals surface area (Å²) in [5, 5.41) is 12.1. The van der Waals surface area contributed by atoms with E-state index in [0.717, 1.165) is 12.0 Å². The van der Waals surface area contributed by atoms with Crippen molar-refractivity contribution in [2.24, 2.45) is 5.41 Å². The Morgan fingerprint density at radius 3 is 2.72 bits per heavy atom. The Balaban J connectivity index is 2.48. The highest BCUT2D eigenvalue weighted by atomic mass is 16.3. The van der Waals surface area contributed by atoms with Crippen LogP contribution in [-0.2, 0) is 11.2 Å². The number of nitrogens with zero attached hydrogens (tertiary/aromatic N) is 1. The molecule has 0 spiro atoms. The van der Waals surface area contributed by atoms with Crippen LogP contribution in [0.25, 0.3) is 0 Å². The number of pyridine rings is 1. The minimum Gasteiger partial charge on any atom is -0.394 e. The molecule has 18 heavy (non-hydrogen) atoms. The normalized spacial score (nSPS) is 13.1. The Kier molecular flexibility index (Phi) is 5.28. The fraction of sp³-hybridized carbons (Fsp3) is 0.571. The van der Waals surface area contributed by atoms with Gasteiger partial charge in [0.1, 0.15) is 0 Å². The molecule has 4 nitrogen and oxygen atoms in total. The van der Waals surface area contributed by atoms with Crippen molar-refractivity contribution in [3.63, 3.8) is 0 Å². The van der Waals surface area contributed by atoms with Gasteiger partial charge in [-0.25, -0.2) is 0 Å². The molecule has 0 aliphatic carbocycles. The summed E-state index contributed by atoms with van der Waals surface area (Å²) in [6, 6.07) is 3.49. The molecule has 1 heterocycles. The van der Waals surface area contributed by atoms with E-state index in [0.29, 0.717) is 6.42 Å². The number of rotatable bonds is 5. The maximum Gasteiger partial charge on any atom is 0.224 e. The summed E-state index contributed by atoms with van der Waals surface area (Å²) in [4.78, 5) is 15.8. The summed E-state index contributed by atoms with van der Waals surface area (Å²) in [5.74, 6) is -0.0775. The lowest BCUT2D eigenvalue weighted by molar-refractivity contribution is -0.121. The number of hydrogen-bond acceptors (Lipinski definition) is 3. The summed E-state index contributed by atoms with van der Waals surface area (Å²) in [7, 11) is 0. The molecule has 1 amide bonds. The average molecular weight is 250 g/mol. The van der Waals surface area contributed by atoms with Gasteiger partial charge in [0.25, 0.3) is 0 Å². The van der Waals surface area contributed by atoms with Crippen LogP contribution >= 0.6 is 0 Å². The minimum absolute atomic E-state index is 0.0317. The second-order valence-electron chi connectivity index (χ2n) is 5.75. The molecule has 0 bridgehead atoms. The SMILES string of the molecule is CC(C)(C)CC(CO)NC(=O)Cc1cccnc1. The number of aliphatic hydroxyl groups excluding tert-OH is 1. The van der Waals surface area contributed by atoms with Gasteiger partial charge in [0.15, 0.2) is 0 Å². The molecular formula is C14H22N2O2. The molecule has 1 aromatic rings. The van der Waals surface area contributed by atoms with Gasteiger partial charge < -0.3 is 10.4 Å². The van der Waals surface area contributed by atoms with Gasteiger partial charge in [-0.1, -0.05) is 26.8 Å². The molecule has 0 saturated heterocycles. The van der Waals surface area contributed by atoms with Crippen LogP contribution in [0.4, 0.5) is 0 Å². The van der Waals surface area contributed by atoms with Crippen molar-refractivity contribution < 1.29 is 9.90 Å². The Morgan fingerprint density at radius 1 is 1.50 bits per heavy atom. The molecule has 0 aliphatic heterocycles. The molecule has 1 rings (SSSR count). The van der Waals surface area contributed by atoms with Crippen LogP contribution < -0.4 is 5.32 Å². The predicted octanol–water partition coefficient (Wildman–Crippen LogP) is 1.54. The summed E-state index contributed by atoms with van der Waals surface area (Å²) in [6.45, 7) is 6.23. The summed E-state index contributed by atoms with van der Waals surface area (Å²) in [5.41, 5.74) is 0.956. The zero-order chi connectivity index (χ0) is 13.6. The van der Waals surface area contributed by atoms with E-state index in [1.165, 1.54) is 0 Å². The van der Waals surface area contributed by atoms with Crippen LogP contribution in [0.1, 0.15) is 32.8 Å². The summed E-state index contributed by atoms with van der Waals surface area (Å²) < 4.78 is 0. The molecule has 0 saturated carbocycles. The number of amides is 1. The average Bonchev–Trinajstić information content (AvgIpc) is 2.27. The van der Waals surface area contributed by atoms with Crippen molar-refractivity contribution in [3.05, 3.63) is 30.1 Å². The van der Waals surface area contributed by atoms with Gasteiger partial charge in [0, 0.05) is 12.4 Å². The topological polar surface area (TPSA) is 62.2 Å². The van der Waals surface area contributed by atoms with Crippen LogP contribution in [0.3, 0.4) is 0 Å². The first-order valence-electron chi connectivity index (χ1n) is 6.20. The molecule has 1 aromatic heterocycles. The van der Waals surface area contributed by atoms with Gasteiger partial charge in [-0.3, -0.25) is 9.78 Å². The van der Waals surface area contributed by atoms with Gasteiger partial charge in [-0.2, -0.15) is 0 Å². The standard InChI is InChI=1S/C14H22N2O2/c1-14(2,3)8-12(10-17)16-13(18)7-11-5-4-6-15-9-11/h4-6,9,12,17H,7-8,10H2,1-3H3,(H,16,18). The van der Waals surface area contributed by atoms with Crippen molar-refractivity contribution in [2.45, 2.75) is 39.7 Å². The monoisotopic (exact) mass is 250 g/mol. The quantitative estimate of drug-likeness (QED) is 0.833. The molecule has 0 fully saturated rings. The van der Waals surface area contributed by atoms with Crippen LogP contribution in [-0.4, -0.2) is 28.6 Å². The van der Waals surface area contributed by atoms with Gasteiger partial charge >= 0.3 is 0 Å². The minimum atomic E-state index is -0.186. The number of carbonyl (C=O) groups is 1. The van der Waals surface area contributed by atoms with Crippen molar-refractivity contribution in [1.29, 1.82) is 0 Å². The lowest BCUT2D eigenvalue weighted by Gasteiger charge is -2.25. The van der Waals surface area contributed by atoms with Crippen LogP contribution in [0, 0.1) is 5.41 Å². The first-order chi connectivity index (χ1) is 8.40. The van der Waals surface area contributed by atoms with Crippen molar-refractivity contribution in [1.82, 2.24) is 10.3 Å². The fourth-order valence-corrected chi connectivity index (χ4v) is 1.87. The second kappa shape index (κ2) is 6.50. The van der Waals surface area contributed by atoms with Gasteiger partial charge in [0.05, 0.1) is 19.1 Å². The maximum atomic E-state index is 11.8. The van der Waals surface area contributed by atoms with Gasteiger partial charge in [-0.15, -0.1) is 0 Å². The van der Waals surface area contributed by atoms with E-state index in [1.54, 1.807) is 18.5 Å². The van der Waals surface area contributed by atoms with Gasteiger partial charge in [-0.05, 0) is 23.5 Å². The van der Waals surface area contributed by atoms with E-state index in [-0.39, 0.29) is 24.0 Å². The number of nitrogens with one attached hydrogen (secondary N) is 1. The van der Waals surface area contributed by atoms with Crippen LogP contribution in [0.15, 0.2) is 24.5 Å². The van der Waals surface area contributed by atoms with E-state index < -0.39 is 0 Å². The van der Waals surface area contributed by atoms with Crippen molar-refractivity contribution in [3.8, 4) is 0 Å². The molecule has 0 aromatic carbocycles. The largest absolute Gasteiger partial charge is 0.394 e. The lowest BCUT2D eigenvalue weighted by Crippen LogP contribution is -2.40. The van der Waals surface area contributed by atoms with Crippen molar-refractivity contribution in [2.75, 3.05) is 6.61 Å². The van der Waals surface area contributed by atoms with E-state index in [2.05, 4.69) is 31.1 Å². The fourth-order valence-electron chi connectivity index (χ4n) is 1.87. The van der Waals surface area contributed by atoms with Crippen LogP contribution in [0.2, 0.25) is 0 Å². The molecule has 2 N–H and O–H groups in total. The zero-order valence-corrected chi connectivity index (χ0v) is 11.3. The Bertz CT molecular complexity index is 371. The van der Waals surface area contributed by atoms with Crippen LogP contribution in [0.5, 0.6) is 0 Å². The summed E-state index contributed by atoms with van der Waals surface area (Å²) in [6.07, 6.45) is 4.41. The zero-order valence-electron chi connectivity index (χ0n) is 11.3. The number of carbonyl (C=O) groups excluding carboxylic acids is 1. The summed E-state index contributed by atoms with van der Waals surface area (Å²) >= 11 is 0. The molecule has 4 heteroatoms. The first-order valence-corrected chi connectivity index (χ1v) is 6.20. The maximum absolute atomic E-state index is 11.8. The molecule has 0 aliphatic rings. The Morgan fingerprint density at radius 2 is 2.22 bits per heavy atom. The Hall–Kier alpha value is -1.42. The lowest BCUT2D eigenvalue weighted by atomic mass is 9.88.